The number of hydrogen-bond acceptors (Lipinski definition) is 5. The largest absolute Gasteiger partial charge is 0.491 e. The summed E-state index contributed by atoms with van der Waals surface area (Å²) in [7, 11) is 0. The van der Waals surface area contributed by atoms with Gasteiger partial charge in [-0.25, -0.2) is 0 Å². The molecule has 0 aromatic heterocycles. The molecule has 1 saturated heterocycles. The molecule has 1 atom stereocenters. The first kappa shape index (κ1) is 24.8. The molecule has 2 N–H and O–H groups in total. The van der Waals surface area contributed by atoms with Crippen LogP contribution >= 0.6 is 12.2 Å². The Morgan fingerprint density at radius 3 is 2.61 bits per heavy atom. The molecule has 0 saturated carbocycles. The van der Waals surface area contributed by atoms with Gasteiger partial charge in [0.1, 0.15) is 5.75 Å². The molecule has 1 amide bonds. The van der Waals surface area contributed by atoms with Crippen LogP contribution < -0.4 is 20.3 Å². The van der Waals surface area contributed by atoms with Gasteiger partial charge in [-0.15, -0.1) is 0 Å². The minimum Gasteiger partial charge on any atom is -0.491 e. The smallest absolute Gasteiger partial charge is 0.416 e. The van der Waals surface area contributed by atoms with Crippen molar-refractivity contribution in [1.82, 2.24) is 5.32 Å². The number of halogens is 3. The van der Waals surface area contributed by atoms with Gasteiger partial charge in [0.15, 0.2) is 5.11 Å². The third-order valence-electron chi connectivity index (χ3n) is 5.16. The standard InChI is InChI=1S/C23H26F3N3O3S/c1-3-15(2)32-18-6-4-5-16(13-18)21(30)28-22(33)27-19-14-17(23(24,25)26)7-8-20(19)29-9-11-31-12-10-29/h4-8,13-15H,3,9-12H2,1-2H3,(H2,27,28,30,33). The molecule has 1 unspecified atom stereocenters. The maximum Gasteiger partial charge on any atom is 0.416 e. The van der Waals surface area contributed by atoms with Crippen LogP contribution in [0.2, 0.25) is 0 Å². The monoisotopic (exact) mass is 481 g/mol. The lowest BCUT2D eigenvalue weighted by molar-refractivity contribution is -0.137. The summed E-state index contributed by atoms with van der Waals surface area (Å²) in [6.07, 6.45) is -3.71. The highest BCUT2D eigenvalue weighted by Crippen LogP contribution is 2.35. The van der Waals surface area contributed by atoms with E-state index >= 15 is 0 Å². The molecule has 1 fully saturated rings. The minimum atomic E-state index is -4.51. The summed E-state index contributed by atoms with van der Waals surface area (Å²) in [6, 6.07) is 10.0. The van der Waals surface area contributed by atoms with Crippen LogP contribution in [0.25, 0.3) is 0 Å². The first-order chi connectivity index (χ1) is 15.7. The van der Waals surface area contributed by atoms with Crippen LogP contribution in [0, 0.1) is 0 Å². The molecule has 178 valence electrons. The summed E-state index contributed by atoms with van der Waals surface area (Å²) in [5.41, 5.74) is 0.209. The third kappa shape index (κ3) is 6.82. The number of nitrogens with zero attached hydrogens (tertiary/aromatic N) is 1. The van der Waals surface area contributed by atoms with E-state index in [0.29, 0.717) is 43.3 Å². The van der Waals surface area contributed by atoms with E-state index in [0.717, 1.165) is 18.6 Å². The minimum absolute atomic E-state index is 0.00873. The number of hydrogen-bond donors (Lipinski definition) is 2. The summed E-state index contributed by atoms with van der Waals surface area (Å²) in [6.45, 7) is 5.91. The van der Waals surface area contributed by atoms with Gasteiger partial charge in [0, 0.05) is 18.7 Å². The van der Waals surface area contributed by atoms with Crippen molar-refractivity contribution in [2.24, 2.45) is 0 Å². The van der Waals surface area contributed by atoms with Crippen LogP contribution in [-0.4, -0.2) is 43.4 Å². The van der Waals surface area contributed by atoms with E-state index in [-0.39, 0.29) is 16.9 Å². The molecule has 0 bridgehead atoms. The van der Waals surface area contributed by atoms with Gasteiger partial charge in [0.25, 0.3) is 5.91 Å². The Morgan fingerprint density at radius 1 is 1.21 bits per heavy atom. The van der Waals surface area contributed by atoms with Crippen molar-refractivity contribution in [3.8, 4) is 5.75 Å². The predicted octanol–water partition coefficient (Wildman–Crippen LogP) is 4.85. The average molecular weight is 482 g/mol. The average Bonchev–Trinajstić information content (AvgIpc) is 2.79. The molecule has 6 nitrogen and oxygen atoms in total. The van der Waals surface area contributed by atoms with E-state index in [4.69, 9.17) is 21.7 Å². The van der Waals surface area contributed by atoms with E-state index in [1.807, 2.05) is 18.7 Å². The van der Waals surface area contributed by atoms with Gasteiger partial charge in [-0.3, -0.25) is 10.1 Å². The van der Waals surface area contributed by atoms with Gasteiger partial charge in [-0.05, 0) is 62.0 Å². The molecule has 1 heterocycles. The van der Waals surface area contributed by atoms with Crippen LogP contribution in [0.4, 0.5) is 24.5 Å². The number of thiocarbonyl (C=S) groups is 1. The van der Waals surface area contributed by atoms with Crippen molar-refractivity contribution in [3.05, 3.63) is 53.6 Å². The summed E-state index contributed by atoms with van der Waals surface area (Å²) >= 11 is 5.23. The highest BCUT2D eigenvalue weighted by molar-refractivity contribution is 7.80. The summed E-state index contributed by atoms with van der Waals surface area (Å²) in [5.74, 6) is 0.0466. The second-order valence-corrected chi connectivity index (χ2v) is 8.01. The molecule has 2 aromatic rings. The van der Waals surface area contributed by atoms with Crippen molar-refractivity contribution in [2.75, 3.05) is 36.5 Å². The van der Waals surface area contributed by atoms with Gasteiger partial charge < -0.3 is 19.7 Å². The van der Waals surface area contributed by atoms with Gasteiger partial charge in [0.2, 0.25) is 0 Å². The van der Waals surface area contributed by atoms with Gasteiger partial charge >= 0.3 is 6.18 Å². The Labute approximate surface area is 196 Å². The first-order valence-electron chi connectivity index (χ1n) is 10.6. The number of benzene rings is 2. The van der Waals surface area contributed by atoms with Gasteiger partial charge in [-0.2, -0.15) is 13.2 Å². The van der Waals surface area contributed by atoms with Crippen molar-refractivity contribution in [2.45, 2.75) is 32.5 Å². The van der Waals surface area contributed by atoms with Crippen molar-refractivity contribution >= 4 is 34.6 Å². The van der Waals surface area contributed by atoms with E-state index in [9.17, 15) is 18.0 Å². The Bertz CT molecular complexity index is 994. The lowest BCUT2D eigenvalue weighted by atomic mass is 10.1. The summed E-state index contributed by atoms with van der Waals surface area (Å²) < 4.78 is 50.9. The number of nitrogens with one attached hydrogen (secondary N) is 2. The molecule has 0 aliphatic carbocycles. The fourth-order valence-electron chi connectivity index (χ4n) is 3.25. The van der Waals surface area contributed by atoms with Gasteiger partial charge in [-0.1, -0.05) is 13.0 Å². The maximum atomic E-state index is 13.3. The second-order valence-electron chi connectivity index (χ2n) is 7.60. The molecule has 0 radical (unpaired) electrons. The van der Waals surface area contributed by atoms with E-state index < -0.39 is 17.6 Å². The zero-order chi connectivity index (χ0) is 24.0. The molecular weight excluding hydrogens is 455 g/mol. The zero-order valence-corrected chi connectivity index (χ0v) is 19.2. The number of alkyl halides is 3. The highest BCUT2D eigenvalue weighted by atomic mass is 32.1. The van der Waals surface area contributed by atoms with E-state index in [1.165, 1.54) is 6.07 Å². The lowest BCUT2D eigenvalue weighted by Gasteiger charge is -2.31. The Hall–Kier alpha value is -2.85. The SMILES string of the molecule is CCC(C)Oc1cccc(C(=O)NC(=S)Nc2cc(C(F)(F)F)ccc2N2CCOCC2)c1. The van der Waals surface area contributed by atoms with Crippen molar-refractivity contribution < 1.29 is 27.4 Å². The van der Waals surface area contributed by atoms with E-state index in [1.54, 1.807) is 24.3 Å². The summed E-state index contributed by atoms with van der Waals surface area (Å²) in [4.78, 5) is 14.6. The number of ether oxygens (including phenoxy) is 2. The fourth-order valence-corrected chi connectivity index (χ4v) is 3.45. The predicted molar refractivity (Wildman–Crippen MR) is 125 cm³/mol. The fraction of sp³-hybridized carbons (Fsp3) is 0.391. The molecule has 0 spiro atoms. The maximum absolute atomic E-state index is 13.3. The molecule has 1 aliphatic heterocycles. The third-order valence-corrected chi connectivity index (χ3v) is 5.36. The number of morpholine rings is 1. The number of anilines is 2. The molecule has 3 rings (SSSR count). The van der Waals surface area contributed by atoms with Crippen LogP contribution in [0.15, 0.2) is 42.5 Å². The Balaban J connectivity index is 1.76. The Kier molecular flexibility index (Phi) is 8.15. The van der Waals surface area contributed by atoms with Crippen LogP contribution in [0.1, 0.15) is 36.2 Å². The number of rotatable bonds is 6. The first-order valence-corrected chi connectivity index (χ1v) is 11.0. The van der Waals surface area contributed by atoms with Crippen LogP contribution in [-0.2, 0) is 10.9 Å². The van der Waals surface area contributed by atoms with Gasteiger partial charge in [0.05, 0.1) is 36.3 Å². The quantitative estimate of drug-likeness (QED) is 0.576. The topological polar surface area (TPSA) is 62.8 Å². The second kappa shape index (κ2) is 10.8. The molecule has 1 aliphatic rings. The summed E-state index contributed by atoms with van der Waals surface area (Å²) in [5, 5.41) is 5.18. The number of carbonyl (C=O) groups excluding carboxylic acids is 1. The molecule has 33 heavy (non-hydrogen) atoms. The van der Waals surface area contributed by atoms with Crippen LogP contribution in [0.5, 0.6) is 5.75 Å². The number of carbonyl (C=O) groups is 1. The molecular formula is C23H26F3N3O3S. The lowest BCUT2D eigenvalue weighted by Crippen LogP contribution is -2.38. The zero-order valence-electron chi connectivity index (χ0n) is 18.4. The van der Waals surface area contributed by atoms with Crippen molar-refractivity contribution in [1.29, 1.82) is 0 Å². The normalized spacial score (nSPS) is 15.0. The number of amides is 1. The molecule has 2 aromatic carbocycles. The van der Waals surface area contributed by atoms with E-state index in [2.05, 4.69) is 10.6 Å². The molecule has 10 heteroatoms. The van der Waals surface area contributed by atoms with Crippen molar-refractivity contribution in [3.63, 3.8) is 0 Å². The Morgan fingerprint density at radius 2 is 1.94 bits per heavy atom. The highest BCUT2D eigenvalue weighted by Gasteiger charge is 2.31. The van der Waals surface area contributed by atoms with Crippen LogP contribution in [0.3, 0.4) is 0 Å².